The van der Waals surface area contributed by atoms with E-state index in [9.17, 15) is 21.6 Å². The first-order valence-electron chi connectivity index (χ1n) is 11.4. The van der Waals surface area contributed by atoms with Crippen LogP contribution in [-0.4, -0.2) is 42.4 Å². The van der Waals surface area contributed by atoms with Gasteiger partial charge in [-0.15, -0.1) is 0 Å². The molecule has 12 heteroatoms. The molecule has 2 N–H and O–H groups in total. The van der Waals surface area contributed by atoms with Crippen molar-refractivity contribution in [1.29, 1.82) is 0 Å². The third kappa shape index (κ3) is 5.59. The maximum Gasteiger partial charge on any atom is 0.264 e. The monoisotopic (exact) mass is 563 g/mol. The van der Waals surface area contributed by atoms with Crippen LogP contribution in [0.4, 0.5) is 11.4 Å². The van der Waals surface area contributed by atoms with E-state index in [-0.39, 0.29) is 33.7 Å². The summed E-state index contributed by atoms with van der Waals surface area (Å²) in [5.41, 5.74) is 1.75. The topological polar surface area (TPSA) is 122 Å². The molecule has 0 fully saturated rings. The molecule has 0 aliphatic carbocycles. The lowest BCUT2D eigenvalue weighted by Crippen LogP contribution is -2.30. The molecule has 0 atom stereocenters. The Kier molecular flexibility index (Phi) is 7.52. The Morgan fingerprint density at radius 3 is 2.35 bits per heavy atom. The van der Waals surface area contributed by atoms with Crippen molar-refractivity contribution in [3.63, 3.8) is 0 Å². The van der Waals surface area contributed by atoms with Gasteiger partial charge in [-0.25, -0.2) is 21.6 Å². The van der Waals surface area contributed by atoms with Gasteiger partial charge in [0.2, 0.25) is 10.0 Å². The van der Waals surface area contributed by atoms with Gasteiger partial charge in [-0.05, 0) is 80.4 Å². The normalized spacial score (nSPS) is 13.5. The van der Waals surface area contributed by atoms with E-state index in [1.54, 1.807) is 32.0 Å². The van der Waals surface area contributed by atoms with E-state index in [0.717, 1.165) is 5.56 Å². The van der Waals surface area contributed by atoms with E-state index in [4.69, 9.17) is 16.3 Å². The number of rotatable bonds is 8. The van der Waals surface area contributed by atoms with E-state index in [2.05, 4.69) is 10.0 Å². The number of fused-ring (bicyclic) bond motifs is 1. The van der Waals surface area contributed by atoms with Gasteiger partial charge < -0.3 is 10.1 Å². The molecule has 1 aliphatic rings. The first kappa shape index (κ1) is 26.9. The Balaban J connectivity index is 1.62. The van der Waals surface area contributed by atoms with Crippen molar-refractivity contribution in [3.8, 4) is 5.75 Å². The van der Waals surface area contributed by atoms with E-state index in [0.29, 0.717) is 22.8 Å². The molecule has 0 saturated carbocycles. The predicted molar refractivity (Wildman–Crippen MR) is 143 cm³/mol. The van der Waals surface area contributed by atoms with Gasteiger partial charge in [0.1, 0.15) is 10.6 Å². The molecule has 196 valence electrons. The van der Waals surface area contributed by atoms with Crippen LogP contribution < -0.4 is 19.1 Å². The third-order valence-corrected chi connectivity index (χ3v) is 9.46. The summed E-state index contributed by atoms with van der Waals surface area (Å²) in [6.45, 7) is 3.63. The highest BCUT2D eigenvalue weighted by atomic mass is 35.5. The minimum atomic E-state index is -3.93. The van der Waals surface area contributed by atoms with Crippen LogP contribution in [0.25, 0.3) is 0 Å². The number of halogens is 1. The van der Waals surface area contributed by atoms with Crippen molar-refractivity contribution in [2.24, 2.45) is 0 Å². The summed E-state index contributed by atoms with van der Waals surface area (Å²) in [5, 5.41) is 3.16. The Hall–Kier alpha value is -3.12. The molecule has 1 amide bonds. The van der Waals surface area contributed by atoms with Crippen LogP contribution in [-0.2, 0) is 26.5 Å². The van der Waals surface area contributed by atoms with E-state index in [1.165, 1.54) is 53.9 Å². The van der Waals surface area contributed by atoms with Crippen LogP contribution in [0.2, 0.25) is 5.02 Å². The second kappa shape index (κ2) is 10.3. The first-order valence-corrected chi connectivity index (χ1v) is 14.7. The zero-order valence-electron chi connectivity index (χ0n) is 20.4. The number of hydrogen-bond acceptors (Lipinski definition) is 6. The van der Waals surface area contributed by atoms with Gasteiger partial charge in [0, 0.05) is 28.9 Å². The van der Waals surface area contributed by atoms with Crippen molar-refractivity contribution < 1.29 is 26.4 Å². The van der Waals surface area contributed by atoms with Gasteiger partial charge in [-0.1, -0.05) is 17.7 Å². The lowest BCUT2D eigenvalue weighted by molar-refractivity contribution is 0.102. The molecule has 9 nitrogen and oxygen atoms in total. The molecule has 0 radical (unpaired) electrons. The molecule has 3 aromatic carbocycles. The number of carbonyl (C=O) groups is 1. The Labute approximate surface area is 221 Å². The number of ether oxygens (including phenoxy) is 1. The highest BCUT2D eigenvalue weighted by Gasteiger charge is 2.31. The summed E-state index contributed by atoms with van der Waals surface area (Å²) in [6, 6.07) is 14.7. The highest BCUT2D eigenvalue weighted by Crippen LogP contribution is 2.35. The second-order valence-corrected chi connectivity index (χ2v) is 12.7. The fourth-order valence-electron chi connectivity index (χ4n) is 4.02. The van der Waals surface area contributed by atoms with Crippen molar-refractivity contribution in [2.45, 2.75) is 36.1 Å². The van der Waals surface area contributed by atoms with Gasteiger partial charge in [-0.2, -0.15) is 0 Å². The minimum absolute atomic E-state index is 0.0936. The van der Waals surface area contributed by atoms with E-state index < -0.39 is 26.0 Å². The number of nitrogens with zero attached hydrogens (tertiary/aromatic N) is 1. The largest absolute Gasteiger partial charge is 0.495 e. The molecule has 1 aliphatic heterocycles. The average molecular weight is 564 g/mol. The predicted octanol–water partition coefficient (Wildman–Crippen LogP) is 4.04. The molecule has 4 rings (SSSR count). The van der Waals surface area contributed by atoms with Gasteiger partial charge in [0.15, 0.2) is 0 Å². The van der Waals surface area contributed by atoms with Crippen LogP contribution in [0.3, 0.4) is 0 Å². The molecule has 0 aromatic heterocycles. The van der Waals surface area contributed by atoms with Crippen molar-refractivity contribution in [1.82, 2.24) is 4.72 Å². The zero-order chi connectivity index (χ0) is 27.0. The fourth-order valence-corrected chi connectivity index (χ4v) is 7.08. The SMILES string of the molecule is COc1ccc(C(=O)Nc2ccc3c(c2)N(S(=O)(=O)c2ccc(Cl)cc2)CC3)cc1S(=O)(=O)NC(C)C. The molecule has 0 spiro atoms. The molecule has 0 unspecified atom stereocenters. The van der Waals surface area contributed by atoms with Crippen molar-refractivity contribution in [2.75, 3.05) is 23.3 Å². The van der Waals surface area contributed by atoms with Gasteiger partial charge in [0.05, 0.1) is 17.7 Å². The van der Waals surface area contributed by atoms with E-state index >= 15 is 0 Å². The maximum atomic E-state index is 13.3. The summed E-state index contributed by atoms with van der Waals surface area (Å²) < 4.78 is 61.0. The summed E-state index contributed by atoms with van der Waals surface area (Å²) >= 11 is 5.90. The number of amides is 1. The number of sulfonamides is 2. The Morgan fingerprint density at radius 2 is 1.70 bits per heavy atom. The maximum absolute atomic E-state index is 13.3. The van der Waals surface area contributed by atoms with Crippen molar-refractivity contribution >= 4 is 48.9 Å². The molecular formula is C25H26ClN3O6S2. The fraction of sp³-hybridized carbons (Fsp3) is 0.240. The highest BCUT2D eigenvalue weighted by molar-refractivity contribution is 7.92. The molecule has 3 aromatic rings. The zero-order valence-corrected chi connectivity index (χ0v) is 22.7. The number of nitrogens with one attached hydrogen (secondary N) is 2. The molecular weight excluding hydrogens is 538 g/mol. The number of methoxy groups -OCH3 is 1. The summed E-state index contributed by atoms with van der Waals surface area (Å²) in [5.74, 6) is -0.459. The van der Waals surface area contributed by atoms with Gasteiger partial charge in [0.25, 0.3) is 15.9 Å². The average Bonchev–Trinajstić information content (AvgIpc) is 3.27. The van der Waals surface area contributed by atoms with Crippen LogP contribution in [0.1, 0.15) is 29.8 Å². The van der Waals surface area contributed by atoms with E-state index in [1.807, 2.05) is 0 Å². The van der Waals surface area contributed by atoms with Crippen LogP contribution in [0, 0.1) is 0 Å². The number of anilines is 2. The second-order valence-electron chi connectivity index (χ2n) is 8.72. The molecule has 37 heavy (non-hydrogen) atoms. The Morgan fingerprint density at radius 1 is 1.00 bits per heavy atom. The molecule has 0 saturated heterocycles. The third-order valence-electron chi connectivity index (χ3n) is 5.70. The van der Waals surface area contributed by atoms with Crippen molar-refractivity contribution in [3.05, 3.63) is 76.8 Å². The number of hydrogen-bond donors (Lipinski definition) is 2. The Bertz CT molecular complexity index is 1560. The van der Waals surface area contributed by atoms with Crippen LogP contribution in [0.5, 0.6) is 5.75 Å². The standard InChI is InChI=1S/C25H26ClN3O6S2/c1-16(2)28-36(31,32)24-14-18(5-11-23(24)35-3)25(30)27-20-8-4-17-12-13-29(22(17)15-20)37(33,34)21-9-6-19(26)7-10-21/h4-11,14-16,28H,12-13H2,1-3H3,(H,27,30). The summed E-state index contributed by atoms with van der Waals surface area (Å²) in [7, 11) is -6.42. The number of carbonyl (C=O) groups excluding carboxylic acids is 1. The summed E-state index contributed by atoms with van der Waals surface area (Å²) in [4.78, 5) is 13.0. The first-order chi connectivity index (χ1) is 17.4. The lowest BCUT2D eigenvalue weighted by Gasteiger charge is -2.20. The minimum Gasteiger partial charge on any atom is -0.495 e. The number of benzene rings is 3. The van der Waals surface area contributed by atoms with Crippen LogP contribution in [0.15, 0.2) is 70.5 Å². The molecule has 1 heterocycles. The molecule has 0 bridgehead atoms. The lowest BCUT2D eigenvalue weighted by atomic mass is 10.1. The van der Waals surface area contributed by atoms with Gasteiger partial charge in [-0.3, -0.25) is 9.10 Å². The van der Waals surface area contributed by atoms with Crippen LogP contribution >= 0.6 is 11.6 Å². The quantitative estimate of drug-likeness (QED) is 0.426. The summed E-state index contributed by atoms with van der Waals surface area (Å²) in [6.07, 6.45) is 0.527. The smallest absolute Gasteiger partial charge is 0.264 e. The van der Waals surface area contributed by atoms with Gasteiger partial charge >= 0.3 is 0 Å².